The van der Waals surface area contributed by atoms with E-state index in [1.165, 1.54) is 10.4 Å². The van der Waals surface area contributed by atoms with Crippen molar-refractivity contribution in [2.45, 2.75) is 44.2 Å². The zero-order chi connectivity index (χ0) is 22.2. The van der Waals surface area contributed by atoms with Gasteiger partial charge in [0.1, 0.15) is 18.2 Å². The summed E-state index contributed by atoms with van der Waals surface area (Å²) in [6, 6.07) is 12.4. The normalized spacial score (nSPS) is 17.2. The molecule has 31 heavy (non-hydrogen) atoms. The molecule has 7 nitrogen and oxygen atoms in total. The summed E-state index contributed by atoms with van der Waals surface area (Å²) in [5.74, 6) is -0.623. The molecule has 1 aliphatic heterocycles. The Morgan fingerprint density at radius 3 is 2.55 bits per heavy atom. The molecule has 3 aromatic rings. The molecule has 2 aromatic carbocycles. The Hall–Kier alpha value is -2.97. The monoisotopic (exact) mass is 441 g/mol. The maximum Gasteiger partial charge on any atom is 0.336 e. The number of nitrogens with zero attached hydrogens (tertiary/aromatic N) is 1. The highest BCUT2D eigenvalue weighted by molar-refractivity contribution is 7.89. The first kappa shape index (κ1) is 21.3. The van der Waals surface area contributed by atoms with E-state index in [9.17, 15) is 18.0 Å². The molecule has 0 saturated carbocycles. The van der Waals surface area contributed by atoms with E-state index in [0.717, 1.165) is 11.1 Å². The molecule has 0 aliphatic carbocycles. The lowest BCUT2D eigenvalue weighted by atomic mass is 10.1. The van der Waals surface area contributed by atoms with Crippen LogP contribution in [0.5, 0.6) is 0 Å². The third-order valence-electron chi connectivity index (χ3n) is 5.46. The lowest BCUT2D eigenvalue weighted by Crippen LogP contribution is -2.41. The SMILES string of the molecule is Cc1ccc(S(=O)(=O)N2CCC[C@@H]2C(=O)OCc2cc(=O)oc3cc(C)ccc23)cc1. The highest BCUT2D eigenvalue weighted by Gasteiger charge is 2.40. The van der Waals surface area contributed by atoms with Crippen molar-refractivity contribution in [3.05, 3.63) is 75.6 Å². The zero-order valence-corrected chi connectivity index (χ0v) is 18.1. The molecular weight excluding hydrogens is 418 g/mol. The minimum Gasteiger partial charge on any atom is -0.460 e. The van der Waals surface area contributed by atoms with Crippen molar-refractivity contribution in [1.82, 2.24) is 4.31 Å². The van der Waals surface area contributed by atoms with E-state index < -0.39 is 27.7 Å². The second-order valence-corrected chi connectivity index (χ2v) is 9.68. The van der Waals surface area contributed by atoms with Gasteiger partial charge in [-0.3, -0.25) is 4.79 Å². The Morgan fingerprint density at radius 2 is 1.81 bits per heavy atom. The van der Waals surface area contributed by atoms with Crippen LogP contribution in [-0.2, 0) is 26.2 Å². The second kappa shape index (κ2) is 8.28. The predicted octanol–water partition coefficient (Wildman–Crippen LogP) is 3.31. The van der Waals surface area contributed by atoms with Crippen LogP contribution in [0.3, 0.4) is 0 Å². The fraction of sp³-hybridized carbons (Fsp3) is 0.304. The van der Waals surface area contributed by atoms with Gasteiger partial charge in [0, 0.05) is 23.6 Å². The van der Waals surface area contributed by atoms with E-state index in [0.29, 0.717) is 29.4 Å². The Morgan fingerprint density at radius 1 is 1.10 bits per heavy atom. The average molecular weight is 442 g/mol. The summed E-state index contributed by atoms with van der Waals surface area (Å²) in [7, 11) is -3.81. The number of benzene rings is 2. The molecule has 0 amide bonds. The van der Waals surface area contributed by atoms with Crippen LogP contribution in [0.15, 0.2) is 62.6 Å². The third kappa shape index (κ3) is 4.26. The van der Waals surface area contributed by atoms with Crippen molar-refractivity contribution in [3.8, 4) is 0 Å². The van der Waals surface area contributed by atoms with Gasteiger partial charge in [-0.2, -0.15) is 4.31 Å². The van der Waals surface area contributed by atoms with Crippen molar-refractivity contribution < 1.29 is 22.4 Å². The molecule has 1 aliphatic rings. The van der Waals surface area contributed by atoms with Gasteiger partial charge in [0.05, 0.1) is 4.90 Å². The largest absolute Gasteiger partial charge is 0.460 e. The van der Waals surface area contributed by atoms with E-state index in [2.05, 4.69) is 0 Å². The van der Waals surface area contributed by atoms with Gasteiger partial charge in [-0.05, 0) is 50.5 Å². The van der Waals surface area contributed by atoms with Gasteiger partial charge in [0.25, 0.3) is 0 Å². The standard InChI is InChI=1S/C23H23NO6S/c1-15-5-8-18(9-6-15)31(27,28)24-11-3-4-20(24)23(26)29-14-17-13-22(25)30-21-12-16(2)7-10-19(17)21/h5-10,12-13,20H,3-4,11,14H2,1-2H3/t20-/m1/s1. The van der Waals surface area contributed by atoms with Crippen LogP contribution < -0.4 is 5.63 Å². The van der Waals surface area contributed by atoms with Gasteiger partial charge >= 0.3 is 11.6 Å². The van der Waals surface area contributed by atoms with Crippen LogP contribution in [0.25, 0.3) is 11.0 Å². The van der Waals surface area contributed by atoms with E-state index in [1.54, 1.807) is 36.4 Å². The Kier molecular flexibility index (Phi) is 5.68. The van der Waals surface area contributed by atoms with Crippen LogP contribution in [0.1, 0.15) is 29.5 Å². The molecule has 4 rings (SSSR count). The van der Waals surface area contributed by atoms with Gasteiger partial charge < -0.3 is 9.15 Å². The predicted molar refractivity (Wildman–Crippen MR) is 115 cm³/mol. The quantitative estimate of drug-likeness (QED) is 0.445. The molecule has 8 heteroatoms. The molecule has 2 heterocycles. The van der Waals surface area contributed by atoms with Gasteiger partial charge in [0.2, 0.25) is 10.0 Å². The van der Waals surface area contributed by atoms with Gasteiger partial charge in [-0.25, -0.2) is 13.2 Å². The molecule has 1 saturated heterocycles. The smallest absolute Gasteiger partial charge is 0.336 e. The van der Waals surface area contributed by atoms with Crippen LogP contribution >= 0.6 is 0 Å². The topological polar surface area (TPSA) is 93.9 Å². The molecule has 0 N–H and O–H groups in total. The molecule has 1 atom stereocenters. The molecule has 162 valence electrons. The summed E-state index contributed by atoms with van der Waals surface area (Å²) in [6.45, 7) is 3.88. The number of esters is 1. The summed E-state index contributed by atoms with van der Waals surface area (Å²) in [6.07, 6.45) is 0.961. The van der Waals surface area contributed by atoms with Crippen molar-refractivity contribution in [3.63, 3.8) is 0 Å². The second-order valence-electron chi connectivity index (χ2n) is 7.78. The fourth-order valence-corrected chi connectivity index (χ4v) is 5.46. The first-order chi connectivity index (χ1) is 14.8. The number of fused-ring (bicyclic) bond motifs is 1. The highest BCUT2D eigenvalue weighted by Crippen LogP contribution is 2.28. The number of carbonyl (C=O) groups is 1. The van der Waals surface area contributed by atoms with Crippen molar-refractivity contribution in [1.29, 1.82) is 0 Å². The Labute approximate surface area is 180 Å². The van der Waals surface area contributed by atoms with E-state index in [-0.39, 0.29) is 18.0 Å². The number of carbonyl (C=O) groups excluding carboxylic acids is 1. The summed E-state index contributed by atoms with van der Waals surface area (Å²) in [5, 5.41) is 0.675. The number of ether oxygens (including phenoxy) is 1. The van der Waals surface area contributed by atoms with Crippen LogP contribution in [0.2, 0.25) is 0 Å². The van der Waals surface area contributed by atoms with Gasteiger partial charge in [-0.15, -0.1) is 0 Å². The van der Waals surface area contributed by atoms with E-state index in [4.69, 9.17) is 9.15 Å². The Balaban J connectivity index is 1.54. The number of rotatable bonds is 5. The number of sulfonamides is 1. The minimum atomic E-state index is -3.81. The maximum atomic E-state index is 13.1. The maximum absolute atomic E-state index is 13.1. The van der Waals surface area contributed by atoms with E-state index in [1.807, 2.05) is 19.9 Å². The molecular formula is C23H23NO6S. The van der Waals surface area contributed by atoms with Crippen LogP contribution in [-0.4, -0.2) is 31.3 Å². The first-order valence-corrected chi connectivity index (χ1v) is 11.5. The van der Waals surface area contributed by atoms with Gasteiger partial charge in [0.15, 0.2) is 0 Å². The van der Waals surface area contributed by atoms with Gasteiger partial charge in [-0.1, -0.05) is 29.8 Å². The van der Waals surface area contributed by atoms with Crippen molar-refractivity contribution in [2.75, 3.05) is 6.54 Å². The van der Waals surface area contributed by atoms with Crippen molar-refractivity contribution in [2.24, 2.45) is 0 Å². The number of aryl methyl sites for hydroxylation is 2. The number of hydrogen-bond acceptors (Lipinski definition) is 6. The third-order valence-corrected chi connectivity index (χ3v) is 7.38. The molecule has 0 radical (unpaired) electrons. The summed E-state index contributed by atoms with van der Waals surface area (Å²) in [4.78, 5) is 24.8. The van der Waals surface area contributed by atoms with Crippen LogP contribution in [0.4, 0.5) is 0 Å². The minimum absolute atomic E-state index is 0.140. The molecule has 0 bridgehead atoms. The molecule has 1 aromatic heterocycles. The summed E-state index contributed by atoms with van der Waals surface area (Å²) < 4.78 is 38.0. The molecule has 0 unspecified atom stereocenters. The molecule has 1 fully saturated rings. The van der Waals surface area contributed by atoms with Crippen LogP contribution in [0, 0.1) is 13.8 Å². The van der Waals surface area contributed by atoms with E-state index >= 15 is 0 Å². The highest BCUT2D eigenvalue weighted by atomic mass is 32.2. The average Bonchev–Trinajstić information content (AvgIpc) is 3.22. The number of hydrogen-bond donors (Lipinski definition) is 0. The zero-order valence-electron chi connectivity index (χ0n) is 17.3. The lowest BCUT2D eigenvalue weighted by Gasteiger charge is -2.23. The first-order valence-electron chi connectivity index (χ1n) is 10.0. The lowest BCUT2D eigenvalue weighted by molar-refractivity contribution is -0.148. The molecule has 0 spiro atoms. The Bertz CT molecular complexity index is 1290. The fourth-order valence-electron chi connectivity index (χ4n) is 3.81. The summed E-state index contributed by atoms with van der Waals surface area (Å²) in [5.41, 5.74) is 2.29. The summed E-state index contributed by atoms with van der Waals surface area (Å²) >= 11 is 0. The van der Waals surface area contributed by atoms with Crippen molar-refractivity contribution >= 4 is 27.0 Å².